The molecule has 3 aromatic heterocycles. The quantitative estimate of drug-likeness (QED) is 0.177. The third-order valence-electron chi connectivity index (χ3n) is 11.1. The molecular formula is C49H33N5S. The summed E-state index contributed by atoms with van der Waals surface area (Å²) in [4.78, 5) is 20.8. The summed E-state index contributed by atoms with van der Waals surface area (Å²) in [6.45, 7) is 4.67. The van der Waals surface area contributed by atoms with Crippen molar-refractivity contribution >= 4 is 43.4 Å². The first-order chi connectivity index (χ1) is 27.0. The van der Waals surface area contributed by atoms with E-state index in [9.17, 15) is 0 Å². The minimum Gasteiger partial charge on any atom is -0.278 e. The minimum absolute atomic E-state index is 0.264. The van der Waals surface area contributed by atoms with Crippen molar-refractivity contribution in [1.29, 1.82) is 0 Å². The van der Waals surface area contributed by atoms with Gasteiger partial charge in [0.05, 0.1) is 21.3 Å². The third kappa shape index (κ3) is 4.99. The zero-order valence-electron chi connectivity index (χ0n) is 30.2. The van der Waals surface area contributed by atoms with Crippen molar-refractivity contribution in [1.82, 2.24) is 24.5 Å². The lowest BCUT2D eigenvalue weighted by atomic mass is 9.82. The first-order valence-corrected chi connectivity index (χ1v) is 19.4. The Kier molecular flexibility index (Phi) is 7.00. The van der Waals surface area contributed by atoms with E-state index in [0.717, 1.165) is 54.6 Å². The molecule has 0 spiro atoms. The summed E-state index contributed by atoms with van der Waals surface area (Å²) in [6.07, 6.45) is 0. The van der Waals surface area contributed by atoms with Crippen molar-refractivity contribution in [3.05, 3.63) is 175 Å². The average molecular weight is 724 g/mol. The maximum absolute atomic E-state index is 5.28. The molecule has 0 saturated carbocycles. The maximum atomic E-state index is 5.28. The van der Waals surface area contributed by atoms with Gasteiger partial charge in [-0.05, 0) is 57.6 Å². The summed E-state index contributed by atoms with van der Waals surface area (Å²) >= 11 is 1.78. The first-order valence-electron chi connectivity index (χ1n) is 18.6. The number of nitrogens with zero attached hydrogens (tertiary/aromatic N) is 5. The van der Waals surface area contributed by atoms with Crippen LogP contribution in [0.5, 0.6) is 0 Å². The van der Waals surface area contributed by atoms with E-state index in [1.165, 1.54) is 32.5 Å². The Morgan fingerprint density at radius 3 is 1.71 bits per heavy atom. The van der Waals surface area contributed by atoms with Crippen molar-refractivity contribution in [2.45, 2.75) is 19.3 Å². The summed E-state index contributed by atoms with van der Waals surface area (Å²) in [6, 6.07) is 57.5. The highest BCUT2D eigenvalue weighted by Gasteiger charge is 2.38. The van der Waals surface area contributed by atoms with Gasteiger partial charge in [-0.15, -0.1) is 11.3 Å². The monoisotopic (exact) mass is 723 g/mol. The lowest BCUT2D eigenvalue weighted by Crippen LogP contribution is -2.15. The normalized spacial score (nSPS) is 13.1. The summed E-state index contributed by atoms with van der Waals surface area (Å²) in [7, 11) is 0. The molecule has 0 atom stereocenters. The zero-order valence-corrected chi connectivity index (χ0v) is 31.0. The molecule has 0 fully saturated rings. The number of hydrogen-bond donors (Lipinski definition) is 0. The van der Waals surface area contributed by atoms with E-state index >= 15 is 0 Å². The van der Waals surface area contributed by atoms with Gasteiger partial charge in [0.15, 0.2) is 11.6 Å². The Balaban J connectivity index is 1.08. The van der Waals surface area contributed by atoms with Gasteiger partial charge < -0.3 is 0 Å². The molecule has 0 saturated heterocycles. The van der Waals surface area contributed by atoms with Gasteiger partial charge in [-0.3, -0.25) is 4.57 Å². The fourth-order valence-corrected chi connectivity index (χ4v) is 9.69. The predicted octanol–water partition coefficient (Wildman–Crippen LogP) is 12.6. The van der Waals surface area contributed by atoms with Crippen LogP contribution in [0.3, 0.4) is 0 Å². The maximum Gasteiger partial charge on any atom is 0.238 e. The molecule has 11 rings (SSSR count). The van der Waals surface area contributed by atoms with Crippen molar-refractivity contribution in [2.24, 2.45) is 0 Å². The van der Waals surface area contributed by atoms with Crippen molar-refractivity contribution in [2.75, 3.05) is 0 Å². The summed E-state index contributed by atoms with van der Waals surface area (Å²) in [5, 5.41) is 3.37. The highest BCUT2D eigenvalue weighted by molar-refractivity contribution is 7.22. The second-order valence-corrected chi connectivity index (χ2v) is 15.7. The molecule has 7 aromatic carbocycles. The molecule has 55 heavy (non-hydrogen) atoms. The SMILES string of the molecule is CC1(C)c2cc(-c3nc(-c4ccc(-c5ccccc5)cc4)nc(-n4c5ccccc5c5ccccc54)n3)ccc2-c2ccc3nc(-c4ccccc4)sc3c21. The highest BCUT2D eigenvalue weighted by atomic mass is 32.1. The van der Waals surface area contributed by atoms with E-state index in [-0.39, 0.29) is 5.41 Å². The van der Waals surface area contributed by atoms with E-state index in [2.05, 4.69) is 176 Å². The number of aromatic nitrogens is 5. The third-order valence-corrected chi connectivity index (χ3v) is 12.2. The fourth-order valence-electron chi connectivity index (χ4n) is 8.41. The number of hydrogen-bond acceptors (Lipinski definition) is 5. The van der Waals surface area contributed by atoms with Crippen LogP contribution in [0.15, 0.2) is 164 Å². The predicted molar refractivity (Wildman–Crippen MR) is 227 cm³/mol. The van der Waals surface area contributed by atoms with Crippen LogP contribution in [0, 0.1) is 0 Å². The topological polar surface area (TPSA) is 56.5 Å². The lowest BCUT2D eigenvalue weighted by Gasteiger charge is -2.22. The molecule has 0 N–H and O–H groups in total. The summed E-state index contributed by atoms with van der Waals surface area (Å²) in [5.74, 6) is 1.86. The standard InChI is InChI=1S/C49H33N5S/c1-49(2)39-29-34(25-26-35(39)38-27-28-40-44(43(38)49)55-47(50-40)33-15-7-4-8-16-33)46-51-45(32-23-21-31(22-24-32)30-13-5-3-6-14-30)52-48(53-46)54-41-19-11-9-17-36(41)37-18-10-12-20-42(37)54/h3-29H,1-2H3. The van der Waals surface area contributed by atoms with Crippen molar-refractivity contribution in [3.63, 3.8) is 0 Å². The summed E-state index contributed by atoms with van der Waals surface area (Å²) in [5.41, 5.74) is 13.3. The number of fused-ring (bicyclic) bond motifs is 8. The van der Waals surface area contributed by atoms with Crippen LogP contribution in [0.2, 0.25) is 0 Å². The molecule has 1 aliphatic carbocycles. The fraction of sp³-hybridized carbons (Fsp3) is 0.0612. The average Bonchev–Trinajstić information content (AvgIpc) is 3.90. The van der Waals surface area contributed by atoms with E-state index in [0.29, 0.717) is 17.6 Å². The van der Waals surface area contributed by atoms with Gasteiger partial charge in [0.1, 0.15) is 5.01 Å². The Bertz CT molecular complexity index is 3050. The molecule has 260 valence electrons. The van der Waals surface area contributed by atoms with Crippen molar-refractivity contribution < 1.29 is 0 Å². The van der Waals surface area contributed by atoms with Gasteiger partial charge in [-0.2, -0.15) is 9.97 Å². The molecule has 0 amide bonds. The summed E-state index contributed by atoms with van der Waals surface area (Å²) < 4.78 is 3.42. The largest absolute Gasteiger partial charge is 0.278 e. The van der Waals surface area contributed by atoms with Gasteiger partial charge in [0.2, 0.25) is 5.95 Å². The smallest absolute Gasteiger partial charge is 0.238 e. The number of benzene rings is 7. The van der Waals surface area contributed by atoms with E-state index < -0.39 is 0 Å². The molecule has 6 heteroatoms. The molecule has 0 unspecified atom stereocenters. The van der Waals surface area contributed by atoms with Crippen LogP contribution in [0.4, 0.5) is 0 Å². The molecule has 5 nitrogen and oxygen atoms in total. The van der Waals surface area contributed by atoms with Gasteiger partial charge in [0, 0.05) is 32.9 Å². The van der Waals surface area contributed by atoms with E-state index in [1.807, 2.05) is 6.07 Å². The van der Waals surface area contributed by atoms with E-state index in [1.54, 1.807) is 11.3 Å². The Morgan fingerprint density at radius 1 is 0.473 bits per heavy atom. The van der Waals surface area contributed by atoms with Gasteiger partial charge in [0.25, 0.3) is 0 Å². The molecule has 10 aromatic rings. The number of para-hydroxylation sites is 2. The van der Waals surface area contributed by atoms with Crippen molar-refractivity contribution in [3.8, 4) is 61.5 Å². The first kappa shape index (κ1) is 31.7. The minimum atomic E-state index is -0.264. The lowest BCUT2D eigenvalue weighted by molar-refractivity contribution is 0.667. The Morgan fingerprint density at radius 2 is 1.02 bits per heavy atom. The van der Waals surface area contributed by atoms with E-state index in [4.69, 9.17) is 19.9 Å². The zero-order chi connectivity index (χ0) is 36.7. The second kappa shape index (κ2) is 12.1. The van der Waals surface area contributed by atoms with Gasteiger partial charge in [-0.1, -0.05) is 153 Å². The number of thiazole rings is 1. The van der Waals surface area contributed by atoms with Gasteiger partial charge in [-0.25, -0.2) is 9.97 Å². The molecule has 0 radical (unpaired) electrons. The van der Waals surface area contributed by atoms with Crippen LogP contribution in [0.25, 0.3) is 93.6 Å². The van der Waals surface area contributed by atoms with Crippen LogP contribution in [-0.2, 0) is 5.41 Å². The van der Waals surface area contributed by atoms with Crippen LogP contribution in [-0.4, -0.2) is 24.5 Å². The highest BCUT2D eigenvalue weighted by Crippen LogP contribution is 2.53. The van der Waals surface area contributed by atoms with Crippen LogP contribution in [0.1, 0.15) is 25.0 Å². The molecular weight excluding hydrogens is 691 g/mol. The molecule has 3 heterocycles. The molecule has 1 aliphatic rings. The Labute approximate surface area is 322 Å². The van der Waals surface area contributed by atoms with Gasteiger partial charge >= 0.3 is 0 Å². The number of rotatable bonds is 5. The van der Waals surface area contributed by atoms with Crippen LogP contribution >= 0.6 is 11.3 Å². The molecule has 0 aliphatic heterocycles. The Hall–Kier alpha value is -6.76. The molecule has 0 bridgehead atoms. The van der Waals surface area contributed by atoms with Crippen LogP contribution < -0.4 is 0 Å². The second-order valence-electron chi connectivity index (χ2n) is 14.7.